The van der Waals surface area contributed by atoms with Crippen LogP contribution in [0.15, 0.2) is 52.1 Å². The van der Waals surface area contributed by atoms with Crippen molar-refractivity contribution in [2.45, 2.75) is 45.7 Å². The van der Waals surface area contributed by atoms with Gasteiger partial charge in [0, 0.05) is 12.6 Å². The van der Waals surface area contributed by atoms with Crippen molar-refractivity contribution in [3.8, 4) is 0 Å². The molecule has 3 N–H and O–H groups in total. The molecule has 0 aliphatic rings. The molecule has 1 heterocycles. The standard InChI is InChI=1S/C19H28N4O3S.HI/c1-4-20-19(22-13-18-10-7-11-26-18)21-12-16-8-5-6-9-17(16)14-27(24,25)23-15(2)3;/h5-11,15,23H,4,12-14H2,1-3H3,(H2,20,21,22);1H. The zero-order valence-electron chi connectivity index (χ0n) is 16.4. The number of aliphatic imine (C=N–C) groups is 1. The van der Waals surface area contributed by atoms with Gasteiger partial charge < -0.3 is 15.1 Å². The highest BCUT2D eigenvalue weighted by molar-refractivity contribution is 14.0. The summed E-state index contributed by atoms with van der Waals surface area (Å²) in [6.07, 6.45) is 1.63. The number of furan rings is 1. The number of halogens is 1. The van der Waals surface area contributed by atoms with Gasteiger partial charge in [0.15, 0.2) is 5.96 Å². The van der Waals surface area contributed by atoms with E-state index in [0.717, 1.165) is 23.4 Å². The number of sulfonamides is 1. The monoisotopic (exact) mass is 520 g/mol. The highest BCUT2D eigenvalue weighted by Crippen LogP contribution is 2.13. The molecule has 28 heavy (non-hydrogen) atoms. The second kappa shape index (κ2) is 12.1. The van der Waals surface area contributed by atoms with Crippen LogP contribution >= 0.6 is 24.0 Å². The van der Waals surface area contributed by atoms with E-state index in [1.165, 1.54) is 0 Å². The van der Waals surface area contributed by atoms with Gasteiger partial charge in [0.1, 0.15) is 5.76 Å². The van der Waals surface area contributed by atoms with Crippen LogP contribution in [0.4, 0.5) is 0 Å². The van der Waals surface area contributed by atoms with Crippen molar-refractivity contribution in [3.63, 3.8) is 0 Å². The van der Waals surface area contributed by atoms with Crippen LogP contribution in [0.3, 0.4) is 0 Å². The summed E-state index contributed by atoms with van der Waals surface area (Å²) in [5.74, 6) is 1.39. The topological polar surface area (TPSA) is 95.7 Å². The van der Waals surface area contributed by atoms with Gasteiger partial charge in [0.25, 0.3) is 0 Å². The third-order valence-electron chi connectivity index (χ3n) is 3.64. The van der Waals surface area contributed by atoms with E-state index in [2.05, 4.69) is 20.3 Å². The fraction of sp³-hybridized carbons (Fsp3) is 0.421. The second-order valence-electron chi connectivity index (χ2n) is 6.43. The van der Waals surface area contributed by atoms with E-state index in [4.69, 9.17) is 4.42 Å². The van der Waals surface area contributed by atoms with Crippen molar-refractivity contribution in [2.24, 2.45) is 4.99 Å². The van der Waals surface area contributed by atoms with Gasteiger partial charge in [-0.3, -0.25) is 0 Å². The van der Waals surface area contributed by atoms with E-state index in [1.807, 2.05) is 43.3 Å². The molecular formula is C19H29IN4O3S. The maximum Gasteiger partial charge on any atom is 0.216 e. The highest BCUT2D eigenvalue weighted by Gasteiger charge is 2.15. The molecule has 9 heteroatoms. The molecule has 2 aromatic rings. The number of benzene rings is 1. The molecule has 0 saturated heterocycles. The normalized spacial score (nSPS) is 11.9. The van der Waals surface area contributed by atoms with Crippen molar-refractivity contribution < 1.29 is 12.8 Å². The van der Waals surface area contributed by atoms with Crippen molar-refractivity contribution in [1.29, 1.82) is 0 Å². The number of guanidine groups is 1. The molecule has 0 unspecified atom stereocenters. The maximum atomic E-state index is 12.3. The summed E-state index contributed by atoms with van der Waals surface area (Å²) in [5, 5.41) is 6.38. The van der Waals surface area contributed by atoms with Crippen molar-refractivity contribution in [1.82, 2.24) is 15.4 Å². The van der Waals surface area contributed by atoms with Gasteiger partial charge in [-0.15, -0.1) is 24.0 Å². The van der Waals surface area contributed by atoms with Crippen molar-refractivity contribution in [2.75, 3.05) is 6.54 Å². The first-order valence-corrected chi connectivity index (χ1v) is 10.7. The number of hydrogen-bond donors (Lipinski definition) is 3. The summed E-state index contributed by atoms with van der Waals surface area (Å²) < 4.78 is 32.4. The Morgan fingerprint density at radius 1 is 1.11 bits per heavy atom. The Morgan fingerprint density at radius 2 is 1.82 bits per heavy atom. The summed E-state index contributed by atoms with van der Waals surface area (Å²) in [6.45, 7) is 7.22. The minimum atomic E-state index is -3.39. The quantitative estimate of drug-likeness (QED) is 0.269. The van der Waals surface area contributed by atoms with E-state index < -0.39 is 10.0 Å². The molecule has 0 fully saturated rings. The van der Waals surface area contributed by atoms with Crippen molar-refractivity contribution >= 4 is 40.0 Å². The largest absolute Gasteiger partial charge is 0.467 e. The molecule has 1 aromatic heterocycles. The fourth-order valence-electron chi connectivity index (χ4n) is 2.55. The molecular weight excluding hydrogens is 491 g/mol. The maximum absolute atomic E-state index is 12.3. The highest BCUT2D eigenvalue weighted by atomic mass is 127. The molecule has 1 aromatic carbocycles. The SMILES string of the molecule is CCNC(=NCc1ccccc1CS(=O)(=O)NC(C)C)NCc1ccco1.I. The Bertz CT molecular complexity index is 837. The lowest BCUT2D eigenvalue weighted by molar-refractivity contribution is 0.501. The Kier molecular flexibility index (Phi) is 10.5. The Morgan fingerprint density at radius 3 is 2.43 bits per heavy atom. The molecule has 0 spiro atoms. The van der Waals surface area contributed by atoms with Gasteiger partial charge in [0.05, 0.1) is 25.1 Å². The summed E-state index contributed by atoms with van der Waals surface area (Å²) >= 11 is 0. The van der Waals surface area contributed by atoms with Crippen LogP contribution in [0.5, 0.6) is 0 Å². The lowest BCUT2D eigenvalue weighted by Crippen LogP contribution is -2.36. The van der Waals surface area contributed by atoms with Crippen LogP contribution in [-0.4, -0.2) is 27.0 Å². The average Bonchev–Trinajstić information content (AvgIpc) is 3.10. The minimum absolute atomic E-state index is 0. The summed E-state index contributed by atoms with van der Waals surface area (Å²) in [7, 11) is -3.39. The molecule has 2 rings (SSSR count). The van der Waals surface area contributed by atoms with Crippen molar-refractivity contribution in [3.05, 3.63) is 59.5 Å². The van der Waals surface area contributed by atoms with E-state index >= 15 is 0 Å². The van der Waals surface area contributed by atoms with Crippen LogP contribution in [0.2, 0.25) is 0 Å². The first kappa shape index (κ1) is 24.4. The Labute approximate surface area is 184 Å². The second-order valence-corrected chi connectivity index (χ2v) is 8.18. The number of rotatable bonds is 9. The molecule has 0 radical (unpaired) electrons. The van der Waals surface area contributed by atoms with Gasteiger partial charge in [-0.05, 0) is 44.0 Å². The predicted octanol–water partition coefficient (Wildman–Crippen LogP) is 2.98. The molecule has 0 aliphatic heterocycles. The van der Waals surface area contributed by atoms with E-state index in [1.54, 1.807) is 20.1 Å². The lowest BCUT2D eigenvalue weighted by Gasteiger charge is -2.13. The van der Waals surface area contributed by atoms with E-state index in [-0.39, 0.29) is 35.8 Å². The first-order valence-electron chi connectivity index (χ1n) is 9.01. The smallest absolute Gasteiger partial charge is 0.216 e. The predicted molar refractivity (Wildman–Crippen MR) is 123 cm³/mol. The zero-order valence-corrected chi connectivity index (χ0v) is 19.6. The number of nitrogens with one attached hydrogen (secondary N) is 3. The lowest BCUT2D eigenvalue weighted by atomic mass is 10.1. The van der Waals surface area contributed by atoms with Gasteiger partial charge in [-0.1, -0.05) is 24.3 Å². The van der Waals surface area contributed by atoms with Gasteiger partial charge in [-0.2, -0.15) is 0 Å². The summed E-state index contributed by atoms with van der Waals surface area (Å²) in [5.41, 5.74) is 1.62. The number of hydrogen-bond acceptors (Lipinski definition) is 4. The van der Waals surface area contributed by atoms with E-state index in [0.29, 0.717) is 19.0 Å². The molecule has 7 nitrogen and oxygen atoms in total. The molecule has 0 amide bonds. The molecule has 0 bridgehead atoms. The van der Waals surface area contributed by atoms with Crippen LogP contribution in [0.25, 0.3) is 0 Å². The Hall–Kier alpha value is -1.59. The summed E-state index contributed by atoms with van der Waals surface area (Å²) in [4.78, 5) is 4.57. The van der Waals surface area contributed by atoms with Crippen LogP contribution < -0.4 is 15.4 Å². The average molecular weight is 520 g/mol. The molecule has 0 saturated carbocycles. The summed E-state index contributed by atoms with van der Waals surface area (Å²) in [6, 6.07) is 11.1. The molecule has 0 aliphatic carbocycles. The van der Waals surface area contributed by atoms with Gasteiger partial charge in [-0.25, -0.2) is 18.1 Å². The number of nitrogens with zero attached hydrogens (tertiary/aromatic N) is 1. The van der Waals surface area contributed by atoms with E-state index in [9.17, 15) is 8.42 Å². The van der Waals surface area contributed by atoms with Crippen LogP contribution in [0, 0.1) is 0 Å². The van der Waals surface area contributed by atoms with Gasteiger partial charge in [0.2, 0.25) is 10.0 Å². The third-order valence-corrected chi connectivity index (χ3v) is 5.16. The van der Waals surface area contributed by atoms with Crippen LogP contribution in [-0.2, 0) is 28.9 Å². The zero-order chi connectivity index (χ0) is 19.7. The minimum Gasteiger partial charge on any atom is -0.467 e. The third kappa shape index (κ3) is 8.61. The molecule has 0 atom stereocenters. The molecule has 156 valence electrons. The fourth-order valence-corrected chi connectivity index (χ4v) is 4.04. The van der Waals surface area contributed by atoms with Gasteiger partial charge >= 0.3 is 0 Å². The first-order chi connectivity index (χ1) is 12.9. The van der Waals surface area contributed by atoms with Crippen LogP contribution in [0.1, 0.15) is 37.7 Å². The Balaban J connectivity index is 0.00000392.